The lowest BCUT2D eigenvalue weighted by Gasteiger charge is -2.07. The summed E-state index contributed by atoms with van der Waals surface area (Å²) >= 11 is 4.14. The predicted molar refractivity (Wildman–Crippen MR) is 52.3 cm³/mol. The fourth-order valence-electron chi connectivity index (χ4n) is 0.845. The highest BCUT2D eigenvalue weighted by Gasteiger charge is 2.09. The number of hydrogen-bond donors (Lipinski definition) is 1. The zero-order valence-electron chi connectivity index (χ0n) is 7.30. The molecule has 0 aliphatic carbocycles. The maximum absolute atomic E-state index is 5.14. The van der Waals surface area contributed by atoms with Crippen LogP contribution < -0.4 is 0 Å². The molecular formula is C7H17O2SSi. The number of rotatable bonds is 7. The predicted octanol–water partition coefficient (Wildman–Crippen LogP) is 1.87. The number of hydrogen-bond acceptors (Lipinski definition) is 3. The van der Waals surface area contributed by atoms with Crippen LogP contribution in [0.1, 0.15) is 19.3 Å². The van der Waals surface area contributed by atoms with E-state index in [0.29, 0.717) is 0 Å². The Labute approximate surface area is 76.5 Å². The van der Waals surface area contributed by atoms with Crippen LogP contribution in [0, 0.1) is 0 Å². The van der Waals surface area contributed by atoms with Crippen molar-refractivity contribution in [2.75, 3.05) is 20.0 Å². The Balaban J connectivity index is 3.07. The van der Waals surface area contributed by atoms with Crippen molar-refractivity contribution < 1.29 is 8.85 Å². The molecule has 0 aromatic rings. The lowest BCUT2D eigenvalue weighted by atomic mass is 10.3. The van der Waals surface area contributed by atoms with Crippen molar-refractivity contribution in [3.63, 3.8) is 0 Å². The molecule has 0 aromatic carbocycles. The normalized spacial score (nSPS) is 10.9. The summed E-state index contributed by atoms with van der Waals surface area (Å²) < 4.78 is 10.3. The van der Waals surface area contributed by atoms with Crippen molar-refractivity contribution in [3.8, 4) is 0 Å². The van der Waals surface area contributed by atoms with Gasteiger partial charge in [0.05, 0.1) is 0 Å². The molecule has 0 aromatic heterocycles. The van der Waals surface area contributed by atoms with Crippen molar-refractivity contribution in [1.82, 2.24) is 0 Å². The average Bonchev–Trinajstić information content (AvgIpc) is 2.05. The zero-order chi connectivity index (χ0) is 8.53. The summed E-state index contributed by atoms with van der Waals surface area (Å²) in [6, 6.07) is 1.09. The SMILES string of the molecule is CO[Si](CCCCCS)OC. The highest BCUT2D eigenvalue weighted by atomic mass is 32.1. The van der Waals surface area contributed by atoms with Crippen LogP contribution in [0.3, 0.4) is 0 Å². The van der Waals surface area contributed by atoms with Crippen LogP contribution in [0.25, 0.3) is 0 Å². The minimum absolute atomic E-state index is 0.929. The van der Waals surface area contributed by atoms with E-state index in [1.54, 1.807) is 14.2 Å². The van der Waals surface area contributed by atoms with E-state index in [1.165, 1.54) is 19.3 Å². The Hall–Kier alpha value is 0.487. The number of unbranched alkanes of at least 4 members (excludes halogenated alkanes) is 2. The van der Waals surface area contributed by atoms with Crippen molar-refractivity contribution in [2.24, 2.45) is 0 Å². The minimum Gasteiger partial charge on any atom is -0.397 e. The van der Waals surface area contributed by atoms with E-state index in [-0.39, 0.29) is 0 Å². The van der Waals surface area contributed by atoms with Gasteiger partial charge in [0.15, 0.2) is 0 Å². The maximum Gasteiger partial charge on any atom is 0.384 e. The van der Waals surface area contributed by atoms with Crippen molar-refractivity contribution in [3.05, 3.63) is 0 Å². The third kappa shape index (κ3) is 6.87. The molecule has 4 heteroatoms. The molecule has 67 valence electrons. The van der Waals surface area contributed by atoms with Crippen LogP contribution in [0.15, 0.2) is 0 Å². The Morgan fingerprint density at radius 1 is 1.09 bits per heavy atom. The van der Waals surface area contributed by atoms with Gasteiger partial charge >= 0.3 is 9.28 Å². The van der Waals surface area contributed by atoms with Gasteiger partial charge in [-0.1, -0.05) is 12.8 Å². The first kappa shape index (κ1) is 11.5. The summed E-state index contributed by atoms with van der Waals surface area (Å²) in [5, 5.41) is 0. The standard InChI is InChI=1S/C7H17O2SSi/c1-8-11(9-2)7-5-3-4-6-10/h10H,3-7H2,1-2H3. The van der Waals surface area contributed by atoms with Crippen LogP contribution in [-0.4, -0.2) is 29.3 Å². The van der Waals surface area contributed by atoms with Crippen LogP contribution in [0.5, 0.6) is 0 Å². The molecule has 0 fully saturated rings. The van der Waals surface area contributed by atoms with E-state index in [9.17, 15) is 0 Å². The minimum atomic E-state index is -0.929. The van der Waals surface area contributed by atoms with Gasteiger partial charge in [0.1, 0.15) is 0 Å². The molecule has 0 aliphatic heterocycles. The Bertz CT molecular complexity index is 78.8. The highest BCUT2D eigenvalue weighted by molar-refractivity contribution is 7.80. The monoisotopic (exact) mass is 193 g/mol. The van der Waals surface area contributed by atoms with Gasteiger partial charge in [-0.25, -0.2) is 0 Å². The molecule has 0 spiro atoms. The molecule has 0 saturated heterocycles. The fourth-order valence-corrected chi connectivity index (χ4v) is 2.18. The van der Waals surface area contributed by atoms with Gasteiger partial charge in [-0.15, -0.1) is 0 Å². The first-order valence-electron chi connectivity index (χ1n) is 3.89. The molecule has 0 bridgehead atoms. The van der Waals surface area contributed by atoms with Crippen LogP contribution in [-0.2, 0) is 8.85 Å². The second-order valence-corrected chi connectivity index (χ2v) is 4.82. The molecule has 0 saturated carbocycles. The molecule has 1 radical (unpaired) electrons. The van der Waals surface area contributed by atoms with Gasteiger partial charge < -0.3 is 8.85 Å². The summed E-state index contributed by atoms with van der Waals surface area (Å²) in [6.07, 6.45) is 3.65. The van der Waals surface area contributed by atoms with Crippen LogP contribution in [0.4, 0.5) is 0 Å². The van der Waals surface area contributed by atoms with Crippen molar-refractivity contribution >= 4 is 21.9 Å². The molecular weight excluding hydrogens is 176 g/mol. The van der Waals surface area contributed by atoms with E-state index in [4.69, 9.17) is 8.85 Å². The van der Waals surface area contributed by atoms with Gasteiger partial charge in [-0.05, 0) is 18.2 Å². The van der Waals surface area contributed by atoms with Gasteiger partial charge in [-0.2, -0.15) is 12.6 Å². The van der Waals surface area contributed by atoms with Gasteiger partial charge in [0.25, 0.3) is 0 Å². The Morgan fingerprint density at radius 2 is 1.73 bits per heavy atom. The van der Waals surface area contributed by atoms with Gasteiger partial charge in [0, 0.05) is 14.2 Å². The molecule has 0 amide bonds. The van der Waals surface area contributed by atoms with Crippen LogP contribution in [0.2, 0.25) is 6.04 Å². The fraction of sp³-hybridized carbons (Fsp3) is 1.00. The van der Waals surface area contributed by atoms with Gasteiger partial charge in [-0.3, -0.25) is 0 Å². The lowest BCUT2D eigenvalue weighted by molar-refractivity contribution is 0.276. The van der Waals surface area contributed by atoms with E-state index in [1.807, 2.05) is 0 Å². The first-order valence-corrected chi connectivity index (χ1v) is 6.05. The summed E-state index contributed by atoms with van der Waals surface area (Å²) in [5.74, 6) is 0.988. The second-order valence-electron chi connectivity index (χ2n) is 2.31. The lowest BCUT2D eigenvalue weighted by Crippen LogP contribution is -2.18. The summed E-state index contributed by atoms with van der Waals surface area (Å²) in [7, 11) is 2.51. The molecule has 0 rings (SSSR count). The first-order chi connectivity index (χ1) is 5.35. The van der Waals surface area contributed by atoms with E-state index >= 15 is 0 Å². The molecule has 11 heavy (non-hydrogen) atoms. The van der Waals surface area contributed by atoms with E-state index in [0.717, 1.165) is 11.8 Å². The molecule has 0 N–H and O–H groups in total. The van der Waals surface area contributed by atoms with Crippen LogP contribution >= 0.6 is 12.6 Å². The summed E-state index contributed by atoms with van der Waals surface area (Å²) in [4.78, 5) is 0. The highest BCUT2D eigenvalue weighted by Crippen LogP contribution is 2.05. The second kappa shape index (κ2) is 8.58. The average molecular weight is 193 g/mol. The topological polar surface area (TPSA) is 18.5 Å². The third-order valence-electron chi connectivity index (χ3n) is 1.49. The molecule has 2 nitrogen and oxygen atoms in total. The smallest absolute Gasteiger partial charge is 0.384 e. The largest absolute Gasteiger partial charge is 0.397 e. The summed E-state index contributed by atoms with van der Waals surface area (Å²) in [6.45, 7) is 0. The summed E-state index contributed by atoms with van der Waals surface area (Å²) in [5.41, 5.74) is 0. The third-order valence-corrected chi connectivity index (χ3v) is 3.48. The van der Waals surface area contributed by atoms with E-state index in [2.05, 4.69) is 12.6 Å². The van der Waals surface area contributed by atoms with Crippen molar-refractivity contribution in [1.29, 1.82) is 0 Å². The molecule has 0 unspecified atom stereocenters. The Morgan fingerprint density at radius 3 is 2.18 bits per heavy atom. The molecule has 0 atom stereocenters. The molecule has 0 aliphatic rings. The zero-order valence-corrected chi connectivity index (χ0v) is 9.19. The quantitative estimate of drug-likeness (QED) is 0.378. The Kier molecular flexibility index (Phi) is 8.96. The van der Waals surface area contributed by atoms with E-state index < -0.39 is 9.28 Å². The maximum atomic E-state index is 5.14. The number of thiol groups is 1. The molecule has 0 heterocycles. The van der Waals surface area contributed by atoms with Crippen molar-refractivity contribution in [2.45, 2.75) is 25.3 Å². The van der Waals surface area contributed by atoms with Gasteiger partial charge in [0.2, 0.25) is 0 Å².